The Bertz CT molecular complexity index is 3590. The van der Waals surface area contributed by atoms with E-state index in [-0.39, 0.29) is 5.56 Å². The Morgan fingerprint density at radius 3 is 0.900 bits per heavy atom. The van der Waals surface area contributed by atoms with Crippen molar-refractivity contribution in [3.63, 3.8) is 0 Å². The van der Waals surface area contributed by atoms with Gasteiger partial charge >= 0.3 is 6.18 Å². The Labute approximate surface area is 396 Å². The van der Waals surface area contributed by atoms with Crippen LogP contribution in [0.2, 0.25) is 0 Å². The Balaban J connectivity index is 1.23. The van der Waals surface area contributed by atoms with E-state index in [2.05, 4.69) is 0 Å². The number of rotatable bonds is 7. The summed E-state index contributed by atoms with van der Waals surface area (Å²) in [6.07, 6.45) is -5.10. The minimum absolute atomic E-state index is 0.318. The highest BCUT2D eigenvalue weighted by Gasteiger charge is 2.40. The van der Waals surface area contributed by atoms with E-state index in [1.165, 1.54) is 9.13 Å². The van der Waals surface area contributed by atoms with Gasteiger partial charge in [0.25, 0.3) is 0 Å². The third-order valence-electron chi connectivity index (χ3n) is 13.2. The fourth-order valence-electron chi connectivity index (χ4n) is 10.00. The van der Waals surface area contributed by atoms with E-state index in [0.29, 0.717) is 49.7 Å². The lowest BCUT2D eigenvalue weighted by Crippen LogP contribution is -2.16. The molecule has 70 heavy (non-hydrogen) atoms. The van der Waals surface area contributed by atoms with Crippen LogP contribution in [-0.4, -0.2) is 9.13 Å². The zero-order valence-electron chi connectivity index (χ0n) is 36.7. The normalized spacial score (nSPS) is 11.9. The van der Waals surface area contributed by atoms with Gasteiger partial charge in [0.05, 0.1) is 33.4 Å². The Kier molecular flexibility index (Phi) is 10.1. The molecular weight excluding hydrogens is 894 g/mol. The monoisotopic (exact) mass is 928 g/mol. The van der Waals surface area contributed by atoms with Crippen molar-refractivity contribution in [3.8, 4) is 67.0 Å². The molecule has 2 aromatic heterocycles. The second-order valence-corrected chi connectivity index (χ2v) is 17.3. The first-order chi connectivity index (χ1) is 34.0. The van der Waals surface area contributed by atoms with Gasteiger partial charge in [0.15, 0.2) is 23.3 Å². The topological polar surface area (TPSA) is 9.86 Å². The highest BCUT2D eigenvalue weighted by atomic mass is 19.4. The maximum atomic E-state index is 16.8. The van der Waals surface area contributed by atoms with Crippen molar-refractivity contribution in [2.45, 2.75) is 6.18 Å². The average molecular weight is 929 g/mol. The lowest BCUT2D eigenvalue weighted by atomic mass is 9.98. The highest BCUT2D eigenvalue weighted by molar-refractivity contribution is 6.13. The summed E-state index contributed by atoms with van der Waals surface area (Å²) in [5.74, 6) is -7.57. The molecule has 0 N–H and O–H groups in total. The van der Waals surface area contributed by atoms with Crippen molar-refractivity contribution in [3.05, 3.63) is 241 Å². The van der Waals surface area contributed by atoms with E-state index >= 15 is 26.3 Å². The summed E-state index contributed by atoms with van der Waals surface area (Å²) in [6, 6.07) is 63.1. The lowest BCUT2D eigenvalue weighted by Gasteiger charge is -2.23. The van der Waals surface area contributed by atoms with E-state index in [1.807, 2.05) is 170 Å². The molecule has 0 saturated carbocycles. The zero-order valence-corrected chi connectivity index (χ0v) is 36.7. The molecule has 10 aromatic carbocycles. The molecule has 0 aliphatic rings. The van der Waals surface area contributed by atoms with Crippen molar-refractivity contribution in [2.75, 3.05) is 0 Å². The molecule has 0 atom stereocenters. The van der Waals surface area contributed by atoms with Crippen LogP contribution in [0.4, 0.5) is 30.7 Å². The second-order valence-electron chi connectivity index (χ2n) is 17.3. The molecule has 338 valence electrons. The van der Waals surface area contributed by atoms with Crippen LogP contribution in [0.15, 0.2) is 212 Å². The first-order valence-electron chi connectivity index (χ1n) is 22.5. The number of hydrogen-bond donors (Lipinski definition) is 0. The molecule has 0 saturated heterocycles. The molecule has 2 nitrogen and oxygen atoms in total. The maximum Gasteiger partial charge on any atom is 0.420 e. The van der Waals surface area contributed by atoms with E-state index < -0.39 is 51.9 Å². The van der Waals surface area contributed by atoms with Crippen molar-refractivity contribution in [1.29, 1.82) is 0 Å². The number of fused-ring (bicyclic) bond motifs is 6. The summed E-state index contributed by atoms with van der Waals surface area (Å²) in [5, 5.41) is 2.49. The van der Waals surface area contributed by atoms with Crippen molar-refractivity contribution in [2.24, 2.45) is 0 Å². The van der Waals surface area contributed by atoms with Crippen LogP contribution in [0.25, 0.3) is 111 Å². The van der Waals surface area contributed by atoms with Crippen molar-refractivity contribution >= 4 is 43.6 Å². The Hall–Kier alpha value is -8.69. The molecule has 0 aliphatic carbocycles. The number of alkyl halides is 3. The number of benzene rings is 10. The predicted octanol–water partition coefficient (Wildman–Crippen LogP) is 17.8. The average Bonchev–Trinajstić information content (AvgIpc) is 3.90. The summed E-state index contributed by atoms with van der Waals surface area (Å²) in [5.41, 5.74) is 5.28. The van der Waals surface area contributed by atoms with Gasteiger partial charge in [-0.3, -0.25) is 0 Å². The molecule has 0 fully saturated rings. The molecule has 2 heterocycles. The number of nitrogens with zero attached hydrogens (tertiary/aromatic N) is 2. The van der Waals surface area contributed by atoms with Gasteiger partial charge in [-0.25, -0.2) is 17.6 Å². The molecule has 0 bridgehead atoms. The number of halogens is 7. The molecule has 12 rings (SSSR count). The minimum Gasteiger partial charge on any atom is -0.309 e. The third-order valence-corrected chi connectivity index (χ3v) is 13.2. The van der Waals surface area contributed by atoms with Gasteiger partial charge in [-0.1, -0.05) is 146 Å². The van der Waals surface area contributed by atoms with E-state index in [9.17, 15) is 4.39 Å². The number of aromatic nitrogens is 2. The third kappa shape index (κ3) is 7.03. The van der Waals surface area contributed by atoms with Crippen LogP contribution in [-0.2, 0) is 6.18 Å². The summed E-state index contributed by atoms with van der Waals surface area (Å²) in [6.45, 7) is 0. The molecule has 0 amide bonds. The van der Waals surface area contributed by atoms with Crippen LogP contribution in [0.1, 0.15) is 5.56 Å². The maximum absolute atomic E-state index is 16.8. The molecule has 0 radical (unpaired) electrons. The SMILES string of the molecule is Fc1cc(-c2cc(-n3c4ccc(-c5ccccc5)cc4c4cc(-c5ccccc5)ccc43)c(C(F)(F)F)c(-n3c4ccc(-c5ccccc5)cc4c4cc(-c5ccccc5)ccc43)c2)c(F)c(F)c1F. The van der Waals surface area contributed by atoms with Gasteiger partial charge in [-0.05, 0) is 117 Å². The molecule has 9 heteroatoms. The van der Waals surface area contributed by atoms with Gasteiger partial charge in [0.2, 0.25) is 0 Å². The molecule has 0 unspecified atom stereocenters. The summed E-state index contributed by atoms with van der Waals surface area (Å²) in [4.78, 5) is 0. The molecule has 0 aliphatic heterocycles. The second kappa shape index (κ2) is 16.5. The zero-order chi connectivity index (χ0) is 47.8. The highest BCUT2D eigenvalue weighted by Crippen LogP contribution is 2.48. The van der Waals surface area contributed by atoms with Crippen LogP contribution in [0, 0.1) is 23.3 Å². The summed E-state index contributed by atoms with van der Waals surface area (Å²) in [7, 11) is 0. The van der Waals surface area contributed by atoms with Crippen LogP contribution >= 0.6 is 0 Å². The fourth-order valence-corrected chi connectivity index (χ4v) is 10.00. The van der Waals surface area contributed by atoms with Crippen molar-refractivity contribution in [1.82, 2.24) is 9.13 Å². The van der Waals surface area contributed by atoms with Crippen LogP contribution in [0.5, 0.6) is 0 Å². The summed E-state index contributed by atoms with van der Waals surface area (Å²) >= 11 is 0. The molecular formula is C61H35F7N2. The molecule has 0 spiro atoms. The minimum atomic E-state index is -5.10. The fraction of sp³-hybridized carbons (Fsp3) is 0.0164. The lowest BCUT2D eigenvalue weighted by molar-refractivity contribution is -0.137. The van der Waals surface area contributed by atoms with Gasteiger partial charge in [-0.2, -0.15) is 13.2 Å². The van der Waals surface area contributed by atoms with Crippen LogP contribution < -0.4 is 0 Å². The Morgan fingerprint density at radius 1 is 0.286 bits per heavy atom. The van der Waals surface area contributed by atoms with Gasteiger partial charge in [0, 0.05) is 27.1 Å². The summed E-state index contributed by atoms with van der Waals surface area (Å²) < 4.78 is 115. The quantitative estimate of drug-likeness (QED) is 0.0856. The Morgan fingerprint density at radius 2 is 0.600 bits per heavy atom. The van der Waals surface area contributed by atoms with E-state index in [0.717, 1.165) is 56.6 Å². The first-order valence-corrected chi connectivity index (χ1v) is 22.5. The standard InChI is InChI=1S/C61H35F7N2/c62-50-35-45(58(63)60(65)59(50)64)44-33-55(69-51-25-21-40(36-13-5-1-6-14-36)29-46(51)47-30-41(22-26-52(47)69)37-15-7-2-8-16-37)57(61(66,67)68)56(34-44)70-53-27-23-42(38-17-9-3-10-18-38)31-48(53)49-32-43(24-28-54(49)70)39-19-11-4-12-20-39/h1-35H. The van der Waals surface area contributed by atoms with Crippen molar-refractivity contribution < 1.29 is 30.7 Å². The smallest absolute Gasteiger partial charge is 0.309 e. The largest absolute Gasteiger partial charge is 0.420 e. The van der Waals surface area contributed by atoms with Gasteiger partial charge < -0.3 is 9.13 Å². The van der Waals surface area contributed by atoms with E-state index in [4.69, 9.17) is 0 Å². The van der Waals surface area contributed by atoms with E-state index in [1.54, 1.807) is 24.3 Å². The van der Waals surface area contributed by atoms with Gasteiger partial charge in [0.1, 0.15) is 5.56 Å². The predicted molar refractivity (Wildman–Crippen MR) is 267 cm³/mol. The first kappa shape index (κ1) is 42.6. The van der Waals surface area contributed by atoms with Crippen LogP contribution in [0.3, 0.4) is 0 Å². The van der Waals surface area contributed by atoms with Gasteiger partial charge in [-0.15, -0.1) is 0 Å². The number of hydrogen-bond acceptors (Lipinski definition) is 0. The molecule has 12 aromatic rings.